The summed E-state index contributed by atoms with van der Waals surface area (Å²) in [5.41, 5.74) is 5.76. The predicted molar refractivity (Wildman–Crippen MR) is 59.1 cm³/mol. The Morgan fingerprint density at radius 1 is 1.53 bits per heavy atom. The average Bonchev–Trinajstić information content (AvgIpc) is 2.75. The second kappa shape index (κ2) is 3.91. The van der Waals surface area contributed by atoms with Crippen molar-refractivity contribution in [3.8, 4) is 0 Å². The normalized spacial score (nSPS) is 10.2. The molecule has 2 heterocycles. The van der Waals surface area contributed by atoms with Crippen LogP contribution in [-0.4, -0.2) is 21.1 Å². The van der Waals surface area contributed by atoms with Crippen LogP contribution >= 0.6 is 22.7 Å². The molecule has 2 aromatic heterocycles. The number of carbonyl (C=O) groups is 1. The van der Waals surface area contributed by atoms with Crippen LogP contribution in [0.5, 0.6) is 0 Å². The molecule has 0 spiro atoms. The molecule has 0 aromatic carbocycles. The molecule has 78 valence electrons. The Labute approximate surface area is 93.2 Å². The predicted octanol–water partition coefficient (Wildman–Crippen LogP) is 1.14. The lowest BCUT2D eigenvalue weighted by atomic mass is 10.5. The average molecular weight is 241 g/mol. The highest BCUT2D eigenvalue weighted by molar-refractivity contribution is 7.19. The molecule has 0 bridgehead atoms. The standard InChI is InChI=1S/C7H7N5OS2/c1-3-9-4(2-14-3)5(13)10-7-12-11-6(8)15-7/h2H,1H3,(H2,8,11)(H,10,12,13). The Kier molecular flexibility index (Phi) is 2.60. The summed E-state index contributed by atoms with van der Waals surface area (Å²) in [6, 6.07) is 0. The number of nitrogens with two attached hydrogens (primary N) is 1. The van der Waals surface area contributed by atoms with Gasteiger partial charge in [-0.05, 0) is 6.92 Å². The SMILES string of the molecule is Cc1nc(C(=O)Nc2nnc(N)s2)cs1. The van der Waals surface area contributed by atoms with Crippen molar-refractivity contribution in [3.63, 3.8) is 0 Å². The third kappa shape index (κ3) is 2.28. The maximum Gasteiger partial charge on any atom is 0.276 e. The van der Waals surface area contributed by atoms with Crippen LogP contribution in [0.1, 0.15) is 15.5 Å². The van der Waals surface area contributed by atoms with Crippen molar-refractivity contribution in [3.05, 3.63) is 16.1 Å². The van der Waals surface area contributed by atoms with Crippen molar-refractivity contribution in [1.29, 1.82) is 0 Å². The maximum absolute atomic E-state index is 11.6. The third-order valence-corrected chi connectivity index (χ3v) is 2.95. The first-order chi connectivity index (χ1) is 7.15. The Morgan fingerprint density at radius 3 is 2.87 bits per heavy atom. The van der Waals surface area contributed by atoms with E-state index < -0.39 is 0 Å². The van der Waals surface area contributed by atoms with Gasteiger partial charge in [0.1, 0.15) is 5.69 Å². The quantitative estimate of drug-likeness (QED) is 0.822. The Morgan fingerprint density at radius 2 is 2.33 bits per heavy atom. The molecule has 2 rings (SSSR count). The van der Waals surface area contributed by atoms with Crippen LogP contribution in [0.25, 0.3) is 0 Å². The largest absolute Gasteiger partial charge is 0.374 e. The number of aromatic nitrogens is 3. The fourth-order valence-corrected chi connectivity index (χ4v) is 2.01. The van der Waals surface area contributed by atoms with Crippen LogP contribution in [0.2, 0.25) is 0 Å². The highest BCUT2D eigenvalue weighted by Gasteiger charge is 2.11. The lowest BCUT2D eigenvalue weighted by Crippen LogP contribution is -2.12. The fourth-order valence-electron chi connectivity index (χ4n) is 0.914. The lowest BCUT2D eigenvalue weighted by Gasteiger charge is -1.95. The number of thiazole rings is 1. The minimum absolute atomic E-state index is 0.296. The molecule has 15 heavy (non-hydrogen) atoms. The van der Waals surface area contributed by atoms with E-state index in [0.717, 1.165) is 16.3 Å². The minimum atomic E-state index is -0.296. The number of hydrogen-bond donors (Lipinski definition) is 2. The summed E-state index contributed by atoms with van der Waals surface area (Å²) in [6.45, 7) is 1.84. The molecule has 2 aromatic rings. The molecule has 0 saturated heterocycles. The van der Waals surface area contributed by atoms with E-state index >= 15 is 0 Å². The Bertz CT molecular complexity index is 491. The van der Waals surface area contributed by atoms with Gasteiger partial charge in [-0.25, -0.2) is 4.98 Å². The van der Waals surface area contributed by atoms with Gasteiger partial charge in [0.2, 0.25) is 10.3 Å². The summed E-state index contributed by atoms with van der Waals surface area (Å²) in [7, 11) is 0. The van der Waals surface area contributed by atoms with Crippen LogP contribution in [0.15, 0.2) is 5.38 Å². The highest BCUT2D eigenvalue weighted by atomic mass is 32.1. The Balaban J connectivity index is 2.10. The zero-order valence-corrected chi connectivity index (χ0v) is 9.35. The van der Waals surface area contributed by atoms with Gasteiger partial charge in [-0.1, -0.05) is 11.3 Å². The minimum Gasteiger partial charge on any atom is -0.374 e. The molecule has 0 unspecified atom stereocenters. The monoisotopic (exact) mass is 241 g/mol. The van der Waals surface area contributed by atoms with Gasteiger partial charge in [0.15, 0.2) is 0 Å². The smallest absolute Gasteiger partial charge is 0.276 e. The van der Waals surface area contributed by atoms with Crippen LogP contribution in [0.3, 0.4) is 0 Å². The van der Waals surface area contributed by atoms with E-state index in [4.69, 9.17) is 5.73 Å². The van der Waals surface area contributed by atoms with Gasteiger partial charge < -0.3 is 5.73 Å². The van der Waals surface area contributed by atoms with Crippen LogP contribution in [-0.2, 0) is 0 Å². The van der Waals surface area contributed by atoms with Gasteiger partial charge in [-0.15, -0.1) is 21.5 Å². The van der Waals surface area contributed by atoms with Crippen molar-refractivity contribution in [2.24, 2.45) is 0 Å². The molecule has 8 heteroatoms. The van der Waals surface area contributed by atoms with Crippen molar-refractivity contribution >= 4 is 38.8 Å². The number of nitrogen functional groups attached to an aromatic ring is 1. The van der Waals surface area contributed by atoms with E-state index in [0.29, 0.717) is 16.0 Å². The van der Waals surface area contributed by atoms with E-state index in [1.807, 2.05) is 6.92 Å². The summed E-state index contributed by atoms with van der Waals surface area (Å²) in [5.74, 6) is -0.296. The molecule has 0 aliphatic carbocycles. The van der Waals surface area contributed by atoms with E-state index in [1.54, 1.807) is 5.38 Å². The number of anilines is 2. The number of carbonyl (C=O) groups excluding carboxylic acids is 1. The second-order valence-electron chi connectivity index (χ2n) is 2.65. The zero-order valence-electron chi connectivity index (χ0n) is 7.72. The number of nitrogens with one attached hydrogen (secondary N) is 1. The molecule has 1 amide bonds. The molecule has 6 nitrogen and oxygen atoms in total. The molecule has 0 fully saturated rings. The molecular weight excluding hydrogens is 234 g/mol. The fraction of sp³-hybridized carbons (Fsp3) is 0.143. The Hall–Kier alpha value is -1.54. The van der Waals surface area contributed by atoms with Crippen molar-refractivity contribution in [1.82, 2.24) is 15.2 Å². The first-order valence-corrected chi connectivity index (χ1v) is 5.67. The zero-order chi connectivity index (χ0) is 10.8. The summed E-state index contributed by atoms with van der Waals surface area (Å²) < 4.78 is 0. The van der Waals surface area contributed by atoms with E-state index in [2.05, 4.69) is 20.5 Å². The molecule has 0 aliphatic rings. The molecule has 0 aliphatic heterocycles. The van der Waals surface area contributed by atoms with Crippen molar-refractivity contribution in [2.75, 3.05) is 11.1 Å². The van der Waals surface area contributed by atoms with Crippen LogP contribution in [0.4, 0.5) is 10.3 Å². The van der Waals surface area contributed by atoms with Crippen molar-refractivity contribution in [2.45, 2.75) is 6.92 Å². The van der Waals surface area contributed by atoms with Gasteiger partial charge in [0.25, 0.3) is 5.91 Å². The van der Waals surface area contributed by atoms with Crippen LogP contribution in [0, 0.1) is 6.92 Å². The summed E-state index contributed by atoms with van der Waals surface area (Å²) in [6.07, 6.45) is 0. The van der Waals surface area contributed by atoms with Gasteiger partial charge in [-0.3, -0.25) is 10.1 Å². The second-order valence-corrected chi connectivity index (χ2v) is 4.72. The van der Waals surface area contributed by atoms with Crippen molar-refractivity contribution < 1.29 is 4.79 Å². The van der Waals surface area contributed by atoms with Gasteiger partial charge in [0, 0.05) is 5.38 Å². The summed E-state index contributed by atoms with van der Waals surface area (Å²) >= 11 is 2.54. The van der Waals surface area contributed by atoms with Crippen LogP contribution < -0.4 is 11.1 Å². The van der Waals surface area contributed by atoms with Gasteiger partial charge >= 0.3 is 0 Å². The van der Waals surface area contributed by atoms with E-state index in [-0.39, 0.29) is 5.91 Å². The van der Waals surface area contributed by atoms with E-state index in [9.17, 15) is 4.79 Å². The number of rotatable bonds is 2. The summed E-state index contributed by atoms with van der Waals surface area (Å²) in [5, 5.41) is 13.1. The highest BCUT2D eigenvalue weighted by Crippen LogP contribution is 2.17. The van der Waals surface area contributed by atoms with Gasteiger partial charge in [-0.2, -0.15) is 0 Å². The van der Waals surface area contributed by atoms with Gasteiger partial charge in [0.05, 0.1) is 5.01 Å². The first-order valence-electron chi connectivity index (χ1n) is 3.97. The molecule has 3 N–H and O–H groups in total. The number of hydrogen-bond acceptors (Lipinski definition) is 7. The summed E-state index contributed by atoms with van der Waals surface area (Å²) in [4.78, 5) is 15.6. The molecule has 0 radical (unpaired) electrons. The molecule has 0 saturated carbocycles. The maximum atomic E-state index is 11.6. The first kappa shape index (κ1) is 9.99. The topological polar surface area (TPSA) is 93.8 Å². The molecule has 0 atom stereocenters. The van der Waals surface area contributed by atoms with E-state index in [1.165, 1.54) is 11.3 Å². The molecular formula is C7H7N5OS2. The number of amides is 1. The number of aryl methyl sites for hydroxylation is 1. The lowest BCUT2D eigenvalue weighted by molar-refractivity contribution is 0.102. The third-order valence-electron chi connectivity index (χ3n) is 1.51. The number of nitrogens with zero attached hydrogens (tertiary/aromatic N) is 3.